The van der Waals surface area contributed by atoms with E-state index in [9.17, 15) is 14.9 Å². The Balaban J connectivity index is 1.40. The molecular formula is C24H18N4O5S. The normalized spacial score (nSPS) is 14.5. The summed E-state index contributed by atoms with van der Waals surface area (Å²) >= 11 is 1.24. The van der Waals surface area contributed by atoms with Gasteiger partial charge < -0.3 is 9.47 Å². The number of Topliss-reactive ketones (excluding diaryl/α,β-unsaturated/α-hetero) is 1. The van der Waals surface area contributed by atoms with E-state index in [-0.39, 0.29) is 23.8 Å². The molecule has 2 heterocycles. The van der Waals surface area contributed by atoms with Crippen LogP contribution in [0.3, 0.4) is 0 Å². The summed E-state index contributed by atoms with van der Waals surface area (Å²) in [7, 11) is 0. The highest BCUT2D eigenvalue weighted by Crippen LogP contribution is 2.37. The van der Waals surface area contributed by atoms with E-state index < -0.39 is 11.0 Å². The quantitative estimate of drug-likeness (QED) is 0.165. The van der Waals surface area contributed by atoms with Crippen LogP contribution in [0.15, 0.2) is 84.0 Å². The van der Waals surface area contributed by atoms with Crippen molar-refractivity contribution in [3.05, 3.63) is 100 Å². The second-order valence-electron chi connectivity index (χ2n) is 7.39. The topological polar surface area (TPSA) is 109 Å². The Bertz CT molecular complexity index is 1340. The summed E-state index contributed by atoms with van der Waals surface area (Å²) in [5.41, 5.74) is 1.16. The minimum absolute atomic E-state index is 0.0612. The van der Waals surface area contributed by atoms with Crippen molar-refractivity contribution in [2.24, 2.45) is 0 Å². The average Bonchev–Trinajstić information content (AvgIpc) is 3.31. The molecule has 10 heteroatoms. The molecular weight excluding hydrogens is 456 g/mol. The largest absolute Gasteiger partial charge is 0.485 e. The van der Waals surface area contributed by atoms with E-state index in [0.717, 1.165) is 5.69 Å². The molecule has 3 aromatic carbocycles. The monoisotopic (exact) mass is 474 g/mol. The average molecular weight is 474 g/mol. The number of fused-ring (bicyclic) bond motifs is 1. The number of carbonyl (C=O) groups is 1. The number of hydrogen-bond acceptors (Lipinski definition) is 8. The maximum Gasteiger partial charge on any atom is 0.269 e. The fraction of sp³-hybridized carbons (Fsp3) is 0.125. The lowest BCUT2D eigenvalue weighted by Gasteiger charge is -2.26. The van der Waals surface area contributed by atoms with Crippen molar-refractivity contribution < 1.29 is 19.2 Å². The van der Waals surface area contributed by atoms with Crippen molar-refractivity contribution in [1.29, 1.82) is 0 Å². The van der Waals surface area contributed by atoms with Gasteiger partial charge in [-0.25, -0.2) is 0 Å². The Morgan fingerprint density at radius 2 is 1.71 bits per heavy atom. The van der Waals surface area contributed by atoms with Crippen molar-refractivity contribution in [2.75, 3.05) is 12.4 Å². The molecule has 170 valence electrons. The number of benzene rings is 3. The predicted octanol–water partition coefficient (Wildman–Crippen LogP) is 4.66. The van der Waals surface area contributed by atoms with Crippen LogP contribution in [0.2, 0.25) is 0 Å². The Kier molecular flexibility index (Phi) is 5.96. The lowest BCUT2D eigenvalue weighted by atomic mass is 10.1. The predicted molar refractivity (Wildman–Crippen MR) is 125 cm³/mol. The molecule has 4 aromatic rings. The van der Waals surface area contributed by atoms with Gasteiger partial charge in [0.05, 0.1) is 10.7 Å². The fourth-order valence-corrected chi connectivity index (χ4v) is 4.39. The fourth-order valence-electron chi connectivity index (χ4n) is 3.53. The molecule has 0 saturated carbocycles. The van der Waals surface area contributed by atoms with Crippen LogP contribution in [0.5, 0.6) is 11.5 Å². The van der Waals surface area contributed by atoms with Crippen LogP contribution in [0.4, 0.5) is 5.69 Å². The second-order valence-corrected chi connectivity index (χ2v) is 8.33. The maximum atomic E-state index is 12.7. The van der Waals surface area contributed by atoms with Gasteiger partial charge in [-0.3, -0.25) is 19.5 Å². The molecule has 0 aliphatic carbocycles. The Morgan fingerprint density at radius 3 is 2.44 bits per heavy atom. The van der Waals surface area contributed by atoms with Gasteiger partial charge >= 0.3 is 0 Å². The number of non-ortho nitro benzene ring substituents is 1. The number of hydrogen-bond donors (Lipinski definition) is 0. The van der Waals surface area contributed by atoms with E-state index in [1.165, 1.54) is 36.0 Å². The SMILES string of the molecule is O=C(CSc1nnc([C@@H]2COc3ccccc3O2)n1-c1ccccc1)c1ccc([N+](=O)[O-])cc1. The molecule has 5 rings (SSSR count). The lowest BCUT2D eigenvalue weighted by molar-refractivity contribution is -0.384. The molecule has 1 aromatic heterocycles. The molecule has 0 radical (unpaired) electrons. The number of nitro benzene ring substituents is 1. The first kappa shape index (κ1) is 21.7. The minimum atomic E-state index is -0.498. The van der Waals surface area contributed by atoms with Crippen LogP contribution in [-0.2, 0) is 0 Å². The standard InChI is InChI=1S/C24H18N4O5S/c29-19(16-10-12-18(13-11-16)28(30)31)15-34-24-26-25-23(27(24)17-6-2-1-3-7-17)22-14-32-20-8-4-5-9-21(20)33-22/h1-13,22H,14-15H2/t22-/m0/s1. The number of ether oxygens (including phenoxy) is 2. The van der Waals surface area contributed by atoms with Gasteiger partial charge in [0.1, 0.15) is 6.61 Å². The van der Waals surface area contributed by atoms with Crippen LogP contribution < -0.4 is 9.47 Å². The molecule has 9 nitrogen and oxygen atoms in total. The molecule has 0 fully saturated rings. The van der Waals surface area contributed by atoms with Gasteiger partial charge in [-0.2, -0.15) is 0 Å². The van der Waals surface area contributed by atoms with Gasteiger partial charge in [0.15, 0.2) is 34.4 Å². The number of nitro groups is 1. The van der Waals surface area contributed by atoms with Gasteiger partial charge in [-0.1, -0.05) is 42.1 Å². The summed E-state index contributed by atoms with van der Waals surface area (Å²) in [6.07, 6.45) is -0.484. The van der Waals surface area contributed by atoms with Crippen molar-refractivity contribution in [1.82, 2.24) is 14.8 Å². The minimum Gasteiger partial charge on any atom is -0.485 e. The zero-order valence-corrected chi connectivity index (χ0v) is 18.6. The van der Waals surface area contributed by atoms with Gasteiger partial charge in [0, 0.05) is 23.4 Å². The highest BCUT2D eigenvalue weighted by molar-refractivity contribution is 7.99. The highest BCUT2D eigenvalue weighted by Gasteiger charge is 2.29. The van der Waals surface area contributed by atoms with Crippen molar-refractivity contribution in [3.63, 3.8) is 0 Å². The summed E-state index contributed by atoms with van der Waals surface area (Å²) in [5, 5.41) is 20.1. The van der Waals surface area contributed by atoms with E-state index in [0.29, 0.717) is 28.0 Å². The van der Waals surface area contributed by atoms with E-state index >= 15 is 0 Å². The number of rotatable bonds is 7. The summed E-state index contributed by atoms with van der Waals surface area (Å²) < 4.78 is 13.9. The molecule has 1 atom stereocenters. The number of thioether (sulfide) groups is 1. The van der Waals surface area contributed by atoms with Gasteiger partial charge in [-0.15, -0.1) is 10.2 Å². The zero-order chi connectivity index (χ0) is 23.5. The summed E-state index contributed by atoms with van der Waals surface area (Å²) in [6.45, 7) is 0.272. The Hall–Kier alpha value is -4.18. The second kappa shape index (κ2) is 9.36. The molecule has 34 heavy (non-hydrogen) atoms. The summed E-state index contributed by atoms with van der Waals surface area (Å²) in [6, 6.07) is 22.6. The van der Waals surface area contributed by atoms with Crippen molar-refractivity contribution in [2.45, 2.75) is 11.3 Å². The number of nitrogens with zero attached hydrogens (tertiary/aromatic N) is 4. The van der Waals surface area contributed by atoms with Crippen LogP contribution >= 0.6 is 11.8 Å². The lowest BCUT2D eigenvalue weighted by Crippen LogP contribution is -2.24. The molecule has 1 aliphatic heterocycles. The molecule has 1 aliphatic rings. The molecule has 0 unspecified atom stereocenters. The number of para-hydroxylation sites is 3. The van der Waals surface area contributed by atoms with Gasteiger partial charge in [0.25, 0.3) is 5.69 Å². The number of carbonyl (C=O) groups excluding carboxylic acids is 1. The Morgan fingerprint density at radius 1 is 1.00 bits per heavy atom. The zero-order valence-electron chi connectivity index (χ0n) is 17.7. The maximum absolute atomic E-state index is 12.7. The third-order valence-corrected chi connectivity index (χ3v) is 6.13. The highest BCUT2D eigenvalue weighted by atomic mass is 32.2. The molecule has 0 saturated heterocycles. The summed E-state index contributed by atoms with van der Waals surface area (Å²) in [4.78, 5) is 23.0. The Labute approximate surface area is 198 Å². The van der Waals surface area contributed by atoms with Crippen LogP contribution in [0.25, 0.3) is 5.69 Å². The smallest absolute Gasteiger partial charge is 0.269 e. The van der Waals surface area contributed by atoms with Crippen molar-refractivity contribution in [3.8, 4) is 17.2 Å². The van der Waals surface area contributed by atoms with Gasteiger partial charge in [0.2, 0.25) is 0 Å². The third kappa shape index (κ3) is 4.35. The first-order valence-corrected chi connectivity index (χ1v) is 11.4. The van der Waals surface area contributed by atoms with Crippen molar-refractivity contribution >= 4 is 23.2 Å². The van der Waals surface area contributed by atoms with Crippen LogP contribution in [0, 0.1) is 10.1 Å². The third-order valence-electron chi connectivity index (χ3n) is 5.20. The van der Waals surface area contributed by atoms with Crippen LogP contribution in [0.1, 0.15) is 22.3 Å². The summed E-state index contributed by atoms with van der Waals surface area (Å²) in [5.74, 6) is 1.78. The van der Waals surface area contributed by atoms with Gasteiger partial charge in [-0.05, 0) is 36.4 Å². The molecule has 0 N–H and O–H groups in total. The van der Waals surface area contributed by atoms with Crippen LogP contribution in [-0.4, -0.2) is 37.8 Å². The first-order chi connectivity index (χ1) is 16.6. The first-order valence-electron chi connectivity index (χ1n) is 10.4. The molecule has 0 spiro atoms. The van der Waals surface area contributed by atoms with E-state index in [2.05, 4.69) is 10.2 Å². The van der Waals surface area contributed by atoms with E-state index in [1.54, 1.807) is 0 Å². The molecule has 0 bridgehead atoms. The van der Waals surface area contributed by atoms with E-state index in [4.69, 9.17) is 9.47 Å². The van der Waals surface area contributed by atoms with E-state index in [1.807, 2.05) is 59.2 Å². The number of aromatic nitrogens is 3. The number of ketones is 1. The molecule has 0 amide bonds.